The van der Waals surface area contributed by atoms with Gasteiger partial charge in [-0.15, -0.1) is 0 Å². The molecule has 2 aromatic carbocycles. The van der Waals surface area contributed by atoms with Crippen molar-refractivity contribution in [2.45, 2.75) is 6.92 Å². The molecule has 0 saturated heterocycles. The molecule has 0 fully saturated rings. The van der Waals surface area contributed by atoms with E-state index in [1.165, 1.54) is 36.5 Å². The van der Waals surface area contributed by atoms with Crippen LogP contribution in [0.15, 0.2) is 64.1 Å². The van der Waals surface area contributed by atoms with Gasteiger partial charge in [-0.3, -0.25) is 25.7 Å². The molecule has 1 aromatic heterocycles. The molecule has 0 spiro atoms. The van der Waals surface area contributed by atoms with Crippen LogP contribution in [0, 0.1) is 27.2 Å². The summed E-state index contributed by atoms with van der Waals surface area (Å²) < 4.78 is 5.61. The van der Waals surface area contributed by atoms with Crippen LogP contribution in [0.2, 0.25) is 0 Å². The maximum Gasteiger partial charge on any atom is 0.280 e. The summed E-state index contributed by atoms with van der Waals surface area (Å²) in [4.78, 5) is 20.9. The van der Waals surface area contributed by atoms with E-state index in [4.69, 9.17) is 4.42 Å². The molecule has 0 aliphatic heterocycles. The highest BCUT2D eigenvalue weighted by molar-refractivity contribution is 5.79. The van der Waals surface area contributed by atoms with Gasteiger partial charge in [-0.25, -0.2) is 0 Å². The van der Waals surface area contributed by atoms with Gasteiger partial charge in [0, 0.05) is 18.2 Å². The summed E-state index contributed by atoms with van der Waals surface area (Å²) in [5, 5.41) is 25.8. The van der Waals surface area contributed by atoms with Crippen molar-refractivity contribution in [1.29, 1.82) is 0 Å². The molecule has 0 amide bonds. The van der Waals surface area contributed by atoms with Crippen molar-refractivity contribution in [3.05, 3.63) is 86.1 Å². The number of non-ortho nitro benzene ring substituents is 1. The molecule has 1 heterocycles. The Balaban J connectivity index is 1.74. The molecule has 0 saturated carbocycles. The van der Waals surface area contributed by atoms with Crippen molar-refractivity contribution in [3.8, 4) is 11.3 Å². The second-order valence-corrected chi connectivity index (χ2v) is 5.65. The third-order valence-electron chi connectivity index (χ3n) is 3.71. The van der Waals surface area contributed by atoms with E-state index in [2.05, 4.69) is 10.5 Å². The summed E-state index contributed by atoms with van der Waals surface area (Å²) >= 11 is 0. The molecule has 0 unspecified atom stereocenters. The number of nitrogens with zero attached hydrogens (tertiary/aromatic N) is 3. The van der Waals surface area contributed by atoms with Gasteiger partial charge in [-0.2, -0.15) is 5.10 Å². The minimum absolute atomic E-state index is 0.0140. The van der Waals surface area contributed by atoms with E-state index in [1.807, 2.05) is 0 Å². The Hall–Kier alpha value is -4.01. The van der Waals surface area contributed by atoms with Crippen LogP contribution in [0.3, 0.4) is 0 Å². The fourth-order valence-corrected chi connectivity index (χ4v) is 2.40. The van der Waals surface area contributed by atoms with Gasteiger partial charge in [0.2, 0.25) is 0 Å². The summed E-state index contributed by atoms with van der Waals surface area (Å²) in [6.45, 7) is 1.78. The fraction of sp³-hybridized carbons (Fsp3) is 0.0556. The van der Waals surface area contributed by atoms with Crippen LogP contribution in [0.4, 0.5) is 17.1 Å². The molecule has 9 heteroatoms. The Morgan fingerprint density at radius 2 is 1.74 bits per heavy atom. The van der Waals surface area contributed by atoms with E-state index in [1.54, 1.807) is 31.2 Å². The number of furan rings is 1. The molecule has 0 aliphatic carbocycles. The summed E-state index contributed by atoms with van der Waals surface area (Å²) in [7, 11) is 0. The van der Waals surface area contributed by atoms with Crippen molar-refractivity contribution < 1.29 is 14.3 Å². The van der Waals surface area contributed by atoms with Crippen LogP contribution in [0.25, 0.3) is 11.3 Å². The summed E-state index contributed by atoms with van der Waals surface area (Å²) in [5.41, 5.74) is 4.41. The van der Waals surface area contributed by atoms with Gasteiger partial charge in [0.25, 0.3) is 11.4 Å². The summed E-state index contributed by atoms with van der Waals surface area (Å²) in [6.07, 6.45) is 1.41. The van der Waals surface area contributed by atoms with Gasteiger partial charge >= 0.3 is 0 Å². The quantitative estimate of drug-likeness (QED) is 0.388. The zero-order valence-electron chi connectivity index (χ0n) is 14.2. The molecule has 0 bridgehead atoms. The Kier molecular flexibility index (Phi) is 4.93. The number of anilines is 1. The van der Waals surface area contributed by atoms with E-state index < -0.39 is 9.85 Å². The number of nitro benzene ring substituents is 2. The molecule has 136 valence electrons. The van der Waals surface area contributed by atoms with E-state index in [0.717, 1.165) is 5.56 Å². The molecule has 9 nitrogen and oxygen atoms in total. The van der Waals surface area contributed by atoms with Gasteiger partial charge in [0.05, 0.1) is 27.3 Å². The van der Waals surface area contributed by atoms with Crippen LogP contribution >= 0.6 is 0 Å². The second-order valence-electron chi connectivity index (χ2n) is 5.65. The minimum atomic E-state index is -0.484. The van der Waals surface area contributed by atoms with E-state index in [-0.39, 0.29) is 11.4 Å². The Bertz CT molecular complexity index is 1020. The molecule has 3 aromatic rings. The molecule has 1 N–H and O–H groups in total. The van der Waals surface area contributed by atoms with E-state index in [9.17, 15) is 20.2 Å². The first-order valence-electron chi connectivity index (χ1n) is 7.83. The number of hydrogen-bond donors (Lipinski definition) is 1. The number of nitro groups is 2. The highest BCUT2D eigenvalue weighted by atomic mass is 16.6. The van der Waals surface area contributed by atoms with Gasteiger partial charge < -0.3 is 4.42 Å². The number of hydrogen-bond acceptors (Lipinski definition) is 7. The molecule has 0 radical (unpaired) electrons. The van der Waals surface area contributed by atoms with Crippen LogP contribution in [0.5, 0.6) is 0 Å². The smallest absolute Gasteiger partial charge is 0.280 e. The van der Waals surface area contributed by atoms with Gasteiger partial charge in [0.15, 0.2) is 0 Å². The maximum absolute atomic E-state index is 11.2. The zero-order valence-corrected chi connectivity index (χ0v) is 14.2. The van der Waals surface area contributed by atoms with Gasteiger partial charge in [0.1, 0.15) is 11.5 Å². The van der Waals surface area contributed by atoms with E-state index >= 15 is 0 Å². The van der Waals surface area contributed by atoms with Crippen molar-refractivity contribution in [3.63, 3.8) is 0 Å². The molecule has 3 rings (SSSR count). The van der Waals surface area contributed by atoms with Crippen LogP contribution in [-0.2, 0) is 0 Å². The second kappa shape index (κ2) is 7.48. The van der Waals surface area contributed by atoms with Crippen molar-refractivity contribution in [2.24, 2.45) is 5.10 Å². The van der Waals surface area contributed by atoms with E-state index in [0.29, 0.717) is 22.8 Å². The molecular formula is C18H14N4O5. The average Bonchev–Trinajstić information content (AvgIpc) is 3.10. The summed E-state index contributed by atoms with van der Waals surface area (Å²) in [6, 6.07) is 13.9. The Labute approximate surface area is 153 Å². The van der Waals surface area contributed by atoms with Crippen LogP contribution in [0.1, 0.15) is 11.3 Å². The first-order chi connectivity index (χ1) is 12.9. The normalized spacial score (nSPS) is 10.9. The lowest BCUT2D eigenvalue weighted by Gasteiger charge is -2.01. The lowest BCUT2D eigenvalue weighted by molar-refractivity contribution is -0.384. The monoisotopic (exact) mass is 366 g/mol. The van der Waals surface area contributed by atoms with Crippen LogP contribution < -0.4 is 5.43 Å². The van der Waals surface area contributed by atoms with Gasteiger partial charge in [-0.05, 0) is 42.8 Å². The number of aryl methyl sites for hydroxylation is 1. The first kappa shape index (κ1) is 17.8. The first-order valence-corrected chi connectivity index (χ1v) is 7.83. The minimum Gasteiger partial charge on any atom is -0.455 e. The number of benzene rings is 2. The fourth-order valence-electron chi connectivity index (χ4n) is 2.40. The summed E-state index contributed by atoms with van der Waals surface area (Å²) in [5.74, 6) is 0.757. The Morgan fingerprint density at radius 3 is 2.41 bits per heavy atom. The number of hydrazone groups is 1. The predicted octanol–water partition coefficient (Wildman–Crippen LogP) is 4.52. The molecule has 0 atom stereocenters. The molecule has 0 aliphatic rings. The number of nitrogens with one attached hydrogen (secondary N) is 1. The lowest BCUT2D eigenvalue weighted by Crippen LogP contribution is -1.92. The number of rotatable bonds is 6. The molecule has 27 heavy (non-hydrogen) atoms. The highest BCUT2D eigenvalue weighted by Gasteiger charge is 2.18. The predicted molar refractivity (Wildman–Crippen MR) is 99.8 cm³/mol. The van der Waals surface area contributed by atoms with Crippen molar-refractivity contribution in [2.75, 3.05) is 5.43 Å². The topological polar surface area (TPSA) is 124 Å². The van der Waals surface area contributed by atoms with Gasteiger partial charge in [-0.1, -0.05) is 6.07 Å². The standard InChI is InChI=1S/C18H14N4O5/c1-12-2-8-16(17(10-12)22(25)26)18-9-7-15(27-18)11-19-20-13-3-5-14(6-4-13)21(23)24/h2-11,20H,1H3/b19-11-. The lowest BCUT2D eigenvalue weighted by atomic mass is 10.1. The maximum atomic E-state index is 11.2. The van der Waals surface area contributed by atoms with Crippen molar-refractivity contribution >= 4 is 23.3 Å². The van der Waals surface area contributed by atoms with Crippen LogP contribution in [-0.4, -0.2) is 16.1 Å². The highest BCUT2D eigenvalue weighted by Crippen LogP contribution is 2.31. The average molecular weight is 366 g/mol. The largest absolute Gasteiger partial charge is 0.455 e. The zero-order chi connectivity index (χ0) is 19.4. The Morgan fingerprint density at radius 1 is 1.00 bits per heavy atom. The molecular weight excluding hydrogens is 352 g/mol. The SMILES string of the molecule is Cc1ccc(-c2ccc(/C=N\Nc3ccc([N+](=O)[O-])cc3)o2)c([N+](=O)[O-])c1. The third-order valence-corrected chi connectivity index (χ3v) is 3.71. The third kappa shape index (κ3) is 4.15. The van der Waals surface area contributed by atoms with Crippen molar-refractivity contribution in [1.82, 2.24) is 0 Å².